The number of pyridine rings is 1. The quantitative estimate of drug-likeness (QED) is 0.886. The summed E-state index contributed by atoms with van der Waals surface area (Å²) in [7, 11) is 0. The predicted molar refractivity (Wildman–Crippen MR) is 84.3 cm³/mol. The molecule has 2 aromatic heterocycles. The molecule has 1 fully saturated rings. The van der Waals surface area contributed by atoms with Gasteiger partial charge in [-0.1, -0.05) is 0 Å². The molecule has 7 heteroatoms. The van der Waals surface area contributed by atoms with E-state index in [9.17, 15) is 9.59 Å². The summed E-state index contributed by atoms with van der Waals surface area (Å²) >= 11 is 0. The maximum Gasteiger partial charge on any atom is 0.251 e. The lowest BCUT2D eigenvalue weighted by molar-refractivity contribution is 0.0775. The Hall–Kier alpha value is -2.41. The van der Waals surface area contributed by atoms with Crippen molar-refractivity contribution in [1.29, 1.82) is 0 Å². The van der Waals surface area contributed by atoms with Crippen LogP contribution in [0.2, 0.25) is 0 Å². The Labute approximate surface area is 133 Å². The van der Waals surface area contributed by atoms with E-state index in [1.165, 1.54) is 6.07 Å². The zero-order valence-corrected chi connectivity index (χ0v) is 13.2. The summed E-state index contributed by atoms with van der Waals surface area (Å²) in [5, 5.41) is 2.97. The highest BCUT2D eigenvalue weighted by Gasteiger charge is 2.34. The van der Waals surface area contributed by atoms with E-state index in [-0.39, 0.29) is 23.6 Å². The van der Waals surface area contributed by atoms with Gasteiger partial charge in [0.15, 0.2) is 0 Å². The van der Waals surface area contributed by atoms with Crippen LogP contribution >= 0.6 is 0 Å². The Morgan fingerprint density at radius 3 is 3.09 bits per heavy atom. The van der Waals surface area contributed by atoms with Crippen molar-refractivity contribution in [2.24, 2.45) is 0 Å². The fraction of sp³-hybridized carbons (Fsp3) is 0.438. The van der Waals surface area contributed by atoms with Gasteiger partial charge in [0.25, 0.3) is 5.91 Å². The second-order valence-corrected chi connectivity index (χ2v) is 5.65. The minimum absolute atomic E-state index is 0.158. The molecule has 23 heavy (non-hydrogen) atoms. The van der Waals surface area contributed by atoms with Crippen molar-refractivity contribution < 1.29 is 9.53 Å². The van der Waals surface area contributed by atoms with Crippen LogP contribution in [0.4, 0.5) is 0 Å². The van der Waals surface area contributed by atoms with Crippen LogP contribution in [0.3, 0.4) is 0 Å². The van der Waals surface area contributed by atoms with Crippen LogP contribution in [0.15, 0.2) is 29.3 Å². The minimum atomic E-state index is -0.282. The molecule has 0 saturated carbocycles. The van der Waals surface area contributed by atoms with Gasteiger partial charge in [0.2, 0.25) is 5.56 Å². The Kier molecular flexibility index (Phi) is 4.29. The first-order chi connectivity index (χ1) is 11.1. The number of nitrogens with zero attached hydrogens (tertiary/aromatic N) is 2. The summed E-state index contributed by atoms with van der Waals surface area (Å²) in [5.74, 6) is 0.548. The predicted octanol–water partition coefficient (Wildman–Crippen LogP) is 1.16. The first-order valence-corrected chi connectivity index (χ1v) is 7.73. The second-order valence-electron chi connectivity index (χ2n) is 5.65. The largest absolute Gasteiger partial charge is 0.368 e. The van der Waals surface area contributed by atoms with Crippen molar-refractivity contribution in [3.05, 3.63) is 52.0 Å². The number of amides is 1. The summed E-state index contributed by atoms with van der Waals surface area (Å²) in [5.41, 5.74) is 0.732. The molecule has 3 heterocycles. The monoisotopic (exact) mass is 316 g/mol. The summed E-state index contributed by atoms with van der Waals surface area (Å²) in [6.07, 6.45) is 4.09. The molecule has 0 aliphatic carbocycles. The van der Waals surface area contributed by atoms with Crippen LogP contribution in [0.1, 0.15) is 41.3 Å². The molecule has 122 valence electrons. The van der Waals surface area contributed by atoms with Gasteiger partial charge in [-0.05, 0) is 26.3 Å². The molecule has 1 amide bonds. The lowest BCUT2D eigenvalue weighted by Crippen LogP contribution is -2.38. The Bertz CT molecular complexity index is 765. The first-order valence-electron chi connectivity index (χ1n) is 7.73. The lowest BCUT2D eigenvalue weighted by Gasteiger charge is -2.20. The maximum absolute atomic E-state index is 12.4. The normalized spacial score (nSPS) is 20.6. The van der Waals surface area contributed by atoms with E-state index in [1.54, 1.807) is 19.2 Å². The van der Waals surface area contributed by atoms with Crippen LogP contribution in [-0.4, -0.2) is 33.1 Å². The molecule has 7 nitrogen and oxygen atoms in total. The third-order valence-electron chi connectivity index (χ3n) is 3.99. The molecule has 0 bridgehead atoms. The first kappa shape index (κ1) is 15.5. The molecule has 0 radical (unpaired) electrons. The maximum atomic E-state index is 12.4. The number of ether oxygens (including phenoxy) is 1. The summed E-state index contributed by atoms with van der Waals surface area (Å²) in [6.45, 7) is 5.15. The molecule has 1 saturated heterocycles. The zero-order valence-electron chi connectivity index (χ0n) is 13.2. The van der Waals surface area contributed by atoms with E-state index in [2.05, 4.69) is 15.3 Å². The summed E-state index contributed by atoms with van der Waals surface area (Å²) < 4.78 is 7.78. The minimum Gasteiger partial charge on any atom is -0.368 e. The molecular weight excluding hydrogens is 296 g/mol. The number of aryl methyl sites for hydroxylation is 2. The fourth-order valence-corrected chi connectivity index (χ4v) is 2.90. The van der Waals surface area contributed by atoms with Crippen LogP contribution in [-0.2, 0) is 11.3 Å². The SMILES string of the molecule is CCn1ccnc1[C@H]1OCC[C@@H]1NC(=O)c1cc(C)[nH]c(=O)c1. The van der Waals surface area contributed by atoms with Crippen molar-refractivity contribution in [2.45, 2.75) is 39.0 Å². The average Bonchev–Trinajstić information content (AvgIpc) is 3.13. The number of H-pyrrole nitrogens is 1. The van der Waals surface area contributed by atoms with E-state index in [0.717, 1.165) is 18.8 Å². The van der Waals surface area contributed by atoms with Gasteiger partial charge in [-0.25, -0.2) is 4.98 Å². The Morgan fingerprint density at radius 2 is 2.35 bits per heavy atom. The second kappa shape index (κ2) is 6.37. The number of carbonyl (C=O) groups excluding carboxylic acids is 1. The Balaban J connectivity index is 1.78. The standard InChI is InChI=1S/C16H20N4O3/c1-3-20-6-5-17-15(20)14-12(4-7-23-14)19-16(22)11-8-10(2)18-13(21)9-11/h5-6,8-9,12,14H,3-4,7H2,1-2H3,(H,18,21)(H,19,22)/t12-,14-/m0/s1. The van der Waals surface area contributed by atoms with Crippen LogP contribution < -0.4 is 10.9 Å². The highest BCUT2D eigenvalue weighted by molar-refractivity contribution is 5.94. The molecule has 0 spiro atoms. The molecule has 0 unspecified atom stereocenters. The number of aromatic amines is 1. The number of carbonyl (C=O) groups is 1. The van der Waals surface area contributed by atoms with Gasteiger partial charge in [-0.2, -0.15) is 0 Å². The highest BCUT2D eigenvalue weighted by Crippen LogP contribution is 2.28. The van der Waals surface area contributed by atoms with Gasteiger partial charge < -0.3 is 19.6 Å². The van der Waals surface area contributed by atoms with E-state index < -0.39 is 0 Å². The smallest absolute Gasteiger partial charge is 0.251 e. The summed E-state index contributed by atoms with van der Waals surface area (Å²) in [4.78, 5) is 30.9. The zero-order chi connectivity index (χ0) is 16.4. The number of imidazole rings is 1. The molecule has 2 atom stereocenters. The van der Waals surface area contributed by atoms with Crippen molar-refractivity contribution in [1.82, 2.24) is 19.9 Å². The molecular formula is C16H20N4O3. The van der Waals surface area contributed by atoms with E-state index in [4.69, 9.17) is 4.74 Å². The van der Waals surface area contributed by atoms with Crippen molar-refractivity contribution in [3.8, 4) is 0 Å². The molecule has 1 aliphatic heterocycles. The van der Waals surface area contributed by atoms with E-state index >= 15 is 0 Å². The highest BCUT2D eigenvalue weighted by atomic mass is 16.5. The Morgan fingerprint density at radius 1 is 1.52 bits per heavy atom. The molecule has 0 aromatic carbocycles. The van der Waals surface area contributed by atoms with Crippen LogP contribution in [0.25, 0.3) is 0 Å². The van der Waals surface area contributed by atoms with Crippen LogP contribution in [0.5, 0.6) is 0 Å². The molecule has 3 rings (SSSR count). The average molecular weight is 316 g/mol. The van der Waals surface area contributed by atoms with Gasteiger partial charge in [0.1, 0.15) is 11.9 Å². The van der Waals surface area contributed by atoms with Crippen molar-refractivity contribution in [3.63, 3.8) is 0 Å². The van der Waals surface area contributed by atoms with E-state index in [1.807, 2.05) is 17.7 Å². The van der Waals surface area contributed by atoms with Gasteiger partial charge in [0.05, 0.1) is 6.04 Å². The van der Waals surface area contributed by atoms with Gasteiger partial charge in [-0.15, -0.1) is 0 Å². The summed E-state index contributed by atoms with van der Waals surface area (Å²) in [6, 6.07) is 2.81. The van der Waals surface area contributed by atoms with Crippen LogP contribution in [0, 0.1) is 6.92 Å². The van der Waals surface area contributed by atoms with Crippen molar-refractivity contribution >= 4 is 5.91 Å². The molecule has 2 aromatic rings. The van der Waals surface area contributed by atoms with Crippen molar-refractivity contribution in [2.75, 3.05) is 6.61 Å². The third kappa shape index (κ3) is 3.19. The number of hydrogen-bond acceptors (Lipinski definition) is 4. The topological polar surface area (TPSA) is 89.0 Å². The third-order valence-corrected chi connectivity index (χ3v) is 3.99. The number of rotatable bonds is 4. The van der Waals surface area contributed by atoms with Gasteiger partial charge >= 0.3 is 0 Å². The number of aromatic nitrogens is 3. The van der Waals surface area contributed by atoms with Gasteiger partial charge in [-0.3, -0.25) is 9.59 Å². The molecule has 1 aliphatic rings. The lowest BCUT2D eigenvalue weighted by atomic mass is 10.1. The number of hydrogen-bond donors (Lipinski definition) is 2. The number of nitrogens with one attached hydrogen (secondary N) is 2. The van der Waals surface area contributed by atoms with E-state index in [0.29, 0.717) is 17.9 Å². The fourth-order valence-electron chi connectivity index (χ4n) is 2.90. The van der Waals surface area contributed by atoms with Gasteiger partial charge in [0, 0.05) is 42.9 Å². The molecule has 2 N–H and O–H groups in total.